The van der Waals surface area contributed by atoms with Crippen LogP contribution in [0.1, 0.15) is 81.0 Å². The summed E-state index contributed by atoms with van der Waals surface area (Å²) in [6.07, 6.45) is 6.01. The molecule has 1 aliphatic carbocycles. The van der Waals surface area contributed by atoms with Gasteiger partial charge in [0.25, 0.3) is 11.5 Å². The van der Waals surface area contributed by atoms with Gasteiger partial charge in [-0.3, -0.25) is 9.78 Å². The van der Waals surface area contributed by atoms with Gasteiger partial charge in [-0.1, -0.05) is 26.3 Å². The molecule has 6 nitrogen and oxygen atoms in total. The summed E-state index contributed by atoms with van der Waals surface area (Å²) in [6.45, 7) is 8.63. The Bertz CT molecular complexity index is 1220. The summed E-state index contributed by atoms with van der Waals surface area (Å²) in [7, 11) is 0. The molecule has 0 aromatic carbocycles. The molecule has 2 aromatic rings. The fourth-order valence-corrected chi connectivity index (χ4v) is 4.66. The number of fused-ring (bicyclic) bond motifs is 1. The van der Waals surface area contributed by atoms with Gasteiger partial charge in [-0.05, 0) is 49.8 Å². The van der Waals surface area contributed by atoms with E-state index >= 15 is 0 Å². The Balaban J connectivity index is 0.00000158. The molecule has 4 rings (SSSR count). The number of nitrogens with zero attached hydrogens (tertiary/aromatic N) is 4. The van der Waals surface area contributed by atoms with Gasteiger partial charge in [0.1, 0.15) is 6.79 Å². The summed E-state index contributed by atoms with van der Waals surface area (Å²) >= 11 is 0. The third-order valence-electron chi connectivity index (χ3n) is 6.58. The molecule has 0 N–H and O–H groups in total. The maximum Gasteiger partial charge on any atom is 0.285 e. The zero-order valence-electron chi connectivity index (χ0n) is 20.1. The summed E-state index contributed by atoms with van der Waals surface area (Å²) in [6, 6.07) is 5.87. The van der Waals surface area contributed by atoms with Gasteiger partial charge in [0.15, 0.2) is 0 Å². The van der Waals surface area contributed by atoms with Gasteiger partial charge in [0.05, 0.1) is 39.8 Å². The fourth-order valence-electron chi connectivity index (χ4n) is 4.66. The van der Waals surface area contributed by atoms with Crippen LogP contribution in [0, 0.1) is 16.7 Å². The number of aromatic nitrogens is 2. The van der Waals surface area contributed by atoms with Gasteiger partial charge in [0.2, 0.25) is 0 Å². The third kappa shape index (κ3) is 4.56. The number of carbonyl (C=O) groups is 1. The predicted molar refractivity (Wildman–Crippen MR) is 127 cm³/mol. The number of aryl methyl sites for hydroxylation is 1. The minimum absolute atomic E-state index is 0.168. The van der Waals surface area contributed by atoms with Crippen LogP contribution < -0.4 is 5.56 Å². The number of alkyl halides is 2. The first-order valence-electron chi connectivity index (χ1n) is 11.6. The number of halogens is 2. The van der Waals surface area contributed by atoms with Crippen LogP contribution in [-0.4, -0.2) is 22.1 Å². The quantitative estimate of drug-likeness (QED) is 0.557. The first-order chi connectivity index (χ1) is 16.1. The van der Waals surface area contributed by atoms with E-state index in [1.54, 1.807) is 13.1 Å². The minimum atomic E-state index is -3.14. The Hall–Kier alpha value is -3.21. The lowest BCUT2D eigenvalue weighted by Gasteiger charge is -2.19. The maximum absolute atomic E-state index is 14.2. The molecule has 1 atom stereocenters. The van der Waals surface area contributed by atoms with E-state index in [1.165, 1.54) is 6.07 Å². The molecule has 1 aliphatic heterocycles. The molecule has 3 heterocycles. The van der Waals surface area contributed by atoms with Crippen LogP contribution in [-0.2, 0) is 30.1 Å². The second-order valence-electron chi connectivity index (χ2n) is 9.16. The van der Waals surface area contributed by atoms with Crippen molar-refractivity contribution in [3.63, 3.8) is 0 Å². The van der Waals surface area contributed by atoms with Crippen molar-refractivity contribution in [1.82, 2.24) is 9.55 Å². The normalized spacial score (nSPS) is 17.8. The van der Waals surface area contributed by atoms with E-state index in [-0.39, 0.29) is 23.6 Å². The first kappa shape index (κ1) is 25.4. The van der Waals surface area contributed by atoms with E-state index in [9.17, 15) is 18.8 Å². The minimum Gasteiger partial charge on any atom is -0.307 e. The van der Waals surface area contributed by atoms with Crippen molar-refractivity contribution in [2.75, 3.05) is 0 Å². The van der Waals surface area contributed by atoms with Crippen molar-refractivity contribution in [2.24, 2.45) is 10.4 Å². The Labute approximate surface area is 198 Å². The summed E-state index contributed by atoms with van der Waals surface area (Å²) in [5.74, 6) is -3.48. The van der Waals surface area contributed by atoms with Crippen molar-refractivity contribution < 1.29 is 13.6 Å². The summed E-state index contributed by atoms with van der Waals surface area (Å²) in [5.41, 5.74) is 3.19. The van der Waals surface area contributed by atoms with Crippen LogP contribution in [0.25, 0.3) is 0 Å². The Morgan fingerprint density at radius 3 is 2.50 bits per heavy atom. The molecule has 0 radical (unpaired) electrons. The SMILES string of the molecule is C=O.CCCc1cc(CC2(C#N)CC2)cnc1C1=Nc2cc(C(C)(F)F)n(CC)c(=O)c2C1C. The molecule has 2 aliphatic rings. The zero-order chi connectivity index (χ0) is 25.3. The molecule has 0 bridgehead atoms. The third-order valence-corrected chi connectivity index (χ3v) is 6.58. The molecule has 1 unspecified atom stereocenters. The Morgan fingerprint density at radius 1 is 1.29 bits per heavy atom. The van der Waals surface area contributed by atoms with Crippen LogP contribution in [0.5, 0.6) is 0 Å². The molecule has 0 saturated heterocycles. The number of hydrogen-bond donors (Lipinski definition) is 0. The van der Waals surface area contributed by atoms with E-state index < -0.39 is 11.5 Å². The van der Waals surface area contributed by atoms with Crippen LogP contribution in [0.4, 0.5) is 14.5 Å². The van der Waals surface area contributed by atoms with Crippen LogP contribution in [0.3, 0.4) is 0 Å². The Morgan fingerprint density at radius 2 is 1.97 bits per heavy atom. The first-order valence-corrected chi connectivity index (χ1v) is 11.6. The second kappa shape index (κ2) is 9.57. The number of aliphatic imine (C=N–C) groups is 1. The zero-order valence-corrected chi connectivity index (χ0v) is 20.1. The second-order valence-corrected chi connectivity index (χ2v) is 9.16. The molecular weight excluding hydrogens is 438 g/mol. The predicted octanol–water partition coefficient (Wildman–Crippen LogP) is 5.23. The van der Waals surface area contributed by atoms with Crippen molar-refractivity contribution in [3.05, 3.63) is 56.8 Å². The summed E-state index contributed by atoms with van der Waals surface area (Å²) in [5, 5.41) is 9.43. The number of carbonyl (C=O) groups excluding carboxylic acids is 1. The smallest absolute Gasteiger partial charge is 0.285 e. The molecule has 1 fully saturated rings. The van der Waals surface area contributed by atoms with E-state index in [1.807, 2.05) is 13.7 Å². The molecule has 0 spiro atoms. The molecule has 180 valence electrons. The van der Waals surface area contributed by atoms with Crippen molar-refractivity contribution in [1.29, 1.82) is 5.26 Å². The van der Waals surface area contributed by atoms with Gasteiger partial charge in [-0.15, -0.1) is 0 Å². The Kier molecular flexibility index (Phi) is 7.15. The van der Waals surface area contributed by atoms with Crippen molar-refractivity contribution in [2.45, 2.75) is 78.2 Å². The number of rotatable bonds is 7. The van der Waals surface area contributed by atoms with Crippen LogP contribution in [0.15, 0.2) is 28.1 Å². The van der Waals surface area contributed by atoms with Gasteiger partial charge in [-0.2, -0.15) is 5.26 Å². The van der Waals surface area contributed by atoms with Crippen molar-refractivity contribution in [3.8, 4) is 6.07 Å². The highest BCUT2D eigenvalue weighted by Crippen LogP contribution is 2.47. The average molecular weight is 469 g/mol. The highest BCUT2D eigenvalue weighted by molar-refractivity contribution is 6.09. The highest BCUT2D eigenvalue weighted by Gasteiger charge is 2.43. The largest absolute Gasteiger partial charge is 0.307 e. The van der Waals surface area contributed by atoms with E-state index in [0.29, 0.717) is 29.1 Å². The number of hydrogen-bond acceptors (Lipinski definition) is 5. The molecule has 8 heteroatoms. The molecule has 2 aromatic heterocycles. The molecule has 1 saturated carbocycles. The van der Waals surface area contributed by atoms with Gasteiger partial charge in [-0.25, -0.2) is 13.8 Å². The topological polar surface area (TPSA) is 88.1 Å². The summed E-state index contributed by atoms with van der Waals surface area (Å²) in [4.78, 5) is 30.5. The monoisotopic (exact) mass is 468 g/mol. The lowest BCUT2D eigenvalue weighted by molar-refractivity contribution is -0.0980. The average Bonchev–Trinajstić information content (AvgIpc) is 3.50. The van der Waals surface area contributed by atoms with Crippen LogP contribution >= 0.6 is 0 Å². The lowest BCUT2D eigenvalue weighted by atomic mass is 9.91. The van der Waals surface area contributed by atoms with E-state index in [2.05, 4.69) is 24.1 Å². The van der Waals surface area contributed by atoms with Gasteiger partial charge in [0, 0.05) is 25.6 Å². The summed E-state index contributed by atoms with van der Waals surface area (Å²) < 4.78 is 29.6. The van der Waals surface area contributed by atoms with Gasteiger partial charge < -0.3 is 9.36 Å². The van der Waals surface area contributed by atoms with E-state index in [0.717, 1.165) is 48.3 Å². The number of pyridine rings is 2. The molecule has 34 heavy (non-hydrogen) atoms. The highest BCUT2D eigenvalue weighted by atomic mass is 19.3. The van der Waals surface area contributed by atoms with Crippen molar-refractivity contribution >= 4 is 18.2 Å². The molecule has 0 amide bonds. The standard InChI is InChI=1S/C25H28F2N4O.CH2O/c1-5-7-17-10-16(12-25(14-28)8-9-25)13-29-22(17)21-15(3)20-18(30-21)11-19(24(4,26)27)31(6-2)23(20)32;1-2/h10-11,13,15H,5-9,12H2,1-4H3;1H2. The fraction of sp³-hybridized carbons (Fsp3) is 0.500. The lowest BCUT2D eigenvalue weighted by Crippen LogP contribution is -2.31. The molecular formula is C26H30F2N4O2. The van der Waals surface area contributed by atoms with Gasteiger partial charge >= 0.3 is 0 Å². The van der Waals surface area contributed by atoms with E-state index in [4.69, 9.17) is 9.78 Å². The number of nitriles is 1. The van der Waals surface area contributed by atoms with Crippen LogP contribution in [0.2, 0.25) is 0 Å². The maximum atomic E-state index is 14.2.